The summed E-state index contributed by atoms with van der Waals surface area (Å²) in [6.07, 6.45) is 3.33. The van der Waals surface area contributed by atoms with Gasteiger partial charge in [-0.3, -0.25) is 0 Å². The van der Waals surface area contributed by atoms with Gasteiger partial charge in [0.25, 0.3) is 0 Å². The minimum atomic E-state index is 0.434. The van der Waals surface area contributed by atoms with Crippen molar-refractivity contribution in [3.8, 4) is 0 Å². The summed E-state index contributed by atoms with van der Waals surface area (Å²) in [5.74, 6) is 0.675. The SMILES string of the molecule is CN(Cc1ccoc1)c1nc(Cl)ccc1N. The first kappa shape index (κ1) is 10.8. The maximum atomic E-state index is 5.83. The number of anilines is 2. The Morgan fingerprint density at radius 1 is 1.44 bits per heavy atom. The van der Waals surface area contributed by atoms with Crippen molar-refractivity contribution in [1.29, 1.82) is 0 Å². The molecule has 0 bridgehead atoms. The Bertz CT molecular complexity index is 470. The van der Waals surface area contributed by atoms with Crippen molar-refractivity contribution in [3.05, 3.63) is 41.4 Å². The van der Waals surface area contributed by atoms with Gasteiger partial charge in [0.2, 0.25) is 0 Å². The average molecular weight is 238 g/mol. The molecule has 5 heteroatoms. The van der Waals surface area contributed by atoms with Gasteiger partial charge in [0.05, 0.1) is 18.2 Å². The summed E-state index contributed by atoms with van der Waals surface area (Å²) in [4.78, 5) is 6.11. The lowest BCUT2D eigenvalue weighted by Crippen LogP contribution is -2.18. The van der Waals surface area contributed by atoms with Gasteiger partial charge in [0.1, 0.15) is 5.15 Å². The smallest absolute Gasteiger partial charge is 0.153 e. The maximum absolute atomic E-state index is 5.83. The molecule has 0 spiro atoms. The second kappa shape index (κ2) is 4.45. The number of furan rings is 1. The molecule has 0 unspecified atom stereocenters. The number of hydrogen-bond acceptors (Lipinski definition) is 4. The second-order valence-corrected chi connectivity index (χ2v) is 3.92. The number of halogens is 1. The van der Waals surface area contributed by atoms with E-state index in [9.17, 15) is 0 Å². The van der Waals surface area contributed by atoms with Crippen molar-refractivity contribution >= 4 is 23.1 Å². The summed E-state index contributed by atoms with van der Waals surface area (Å²) < 4.78 is 5.00. The topological polar surface area (TPSA) is 55.3 Å². The van der Waals surface area contributed by atoms with Gasteiger partial charge >= 0.3 is 0 Å². The third kappa shape index (κ3) is 2.28. The fourth-order valence-electron chi connectivity index (χ4n) is 1.47. The van der Waals surface area contributed by atoms with Crippen LogP contribution < -0.4 is 10.6 Å². The highest BCUT2D eigenvalue weighted by atomic mass is 35.5. The van der Waals surface area contributed by atoms with Gasteiger partial charge < -0.3 is 15.1 Å². The lowest BCUT2D eigenvalue weighted by molar-refractivity contribution is 0.563. The Hall–Kier alpha value is -1.68. The van der Waals surface area contributed by atoms with Crippen molar-refractivity contribution < 1.29 is 4.42 Å². The van der Waals surface area contributed by atoms with Crippen LogP contribution in [0.15, 0.2) is 35.1 Å². The monoisotopic (exact) mass is 237 g/mol. The molecule has 0 aliphatic carbocycles. The summed E-state index contributed by atoms with van der Waals surface area (Å²) in [7, 11) is 1.90. The first-order valence-corrected chi connectivity index (χ1v) is 5.19. The van der Waals surface area contributed by atoms with Crippen LogP contribution in [0.1, 0.15) is 5.56 Å². The van der Waals surface area contributed by atoms with E-state index in [2.05, 4.69) is 4.98 Å². The number of aromatic nitrogens is 1. The van der Waals surface area contributed by atoms with Crippen molar-refractivity contribution in [1.82, 2.24) is 4.98 Å². The van der Waals surface area contributed by atoms with Gasteiger partial charge in [0, 0.05) is 19.2 Å². The molecule has 0 radical (unpaired) electrons. The van der Waals surface area contributed by atoms with Crippen molar-refractivity contribution in [2.45, 2.75) is 6.54 Å². The van der Waals surface area contributed by atoms with Crippen LogP contribution in [0.25, 0.3) is 0 Å². The molecule has 4 nitrogen and oxygen atoms in total. The third-order valence-electron chi connectivity index (χ3n) is 2.23. The van der Waals surface area contributed by atoms with Crippen LogP contribution >= 0.6 is 11.6 Å². The molecule has 0 aromatic carbocycles. The fourth-order valence-corrected chi connectivity index (χ4v) is 1.62. The normalized spacial score (nSPS) is 10.4. The molecule has 0 aliphatic heterocycles. The van der Waals surface area contributed by atoms with E-state index in [0.29, 0.717) is 23.2 Å². The van der Waals surface area contributed by atoms with Crippen LogP contribution in [0.5, 0.6) is 0 Å². The Morgan fingerprint density at radius 3 is 2.94 bits per heavy atom. The van der Waals surface area contributed by atoms with E-state index >= 15 is 0 Å². The quantitative estimate of drug-likeness (QED) is 0.834. The Balaban J connectivity index is 2.20. The van der Waals surface area contributed by atoms with E-state index in [4.69, 9.17) is 21.8 Å². The molecule has 2 aromatic heterocycles. The first-order valence-electron chi connectivity index (χ1n) is 4.81. The van der Waals surface area contributed by atoms with Crippen LogP contribution in [-0.2, 0) is 6.54 Å². The summed E-state index contributed by atoms with van der Waals surface area (Å²) >= 11 is 5.83. The maximum Gasteiger partial charge on any atom is 0.153 e. The van der Waals surface area contributed by atoms with E-state index in [1.807, 2.05) is 18.0 Å². The zero-order valence-corrected chi connectivity index (χ0v) is 9.61. The third-order valence-corrected chi connectivity index (χ3v) is 2.44. The second-order valence-electron chi connectivity index (χ2n) is 3.53. The van der Waals surface area contributed by atoms with E-state index in [1.165, 1.54) is 0 Å². The predicted octanol–water partition coefficient (Wildman–Crippen LogP) is 2.55. The highest BCUT2D eigenvalue weighted by Crippen LogP contribution is 2.23. The largest absolute Gasteiger partial charge is 0.472 e. The molecule has 2 aromatic rings. The number of nitrogens with zero attached hydrogens (tertiary/aromatic N) is 2. The lowest BCUT2D eigenvalue weighted by Gasteiger charge is -2.18. The summed E-state index contributed by atoms with van der Waals surface area (Å²) in [5, 5.41) is 0.434. The summed E-state index contributed by atoms with van der Waals surface area (Å²) in [5.41, 5.74) is 7.50. The molecule has 0 saturated carbocycles. The van der Waals surface area contributed by atoms with E-state index in [-0.39, 0.29) is 0 Å². The molecular formula is C11H12ClN3O. The van der Waals surface area contributed by atoms with Gasteiger partial charge in [-0.1, -0.05) is 11.6 Å². The molecule has 2 N–H and O–H groups in total. The minimum absolute atomic E-state index is 0.434. The number of hydrogen-bond donors (Lipinski definition) is 1. The molecule has 0 fully saturated rings. The predicted molar refractivity (Wildman–Crippen MR) is 64.5 cm³/mol. The van der Waals surface area contributed by atoms with Gasteiger partial charge in [-0.15, -0.1) is 0 Å². The van der Waals surface area contributed by atoms with Gasteiger partial charge in [-0.25, -0.2) is 4.98 Å². The molecule has 2 heterocycles. The van der Waals surface area contributed by atoms with Crippen LogP contribution in [0, 0.1) is 0 Å². The Labute approximate surface area is 98.6 Å². The Morgan fingerprint density at radius 2 is 2.25 bits per heavy atom. The minimum Gasteiger partial charge on any atom is -0.472 e. The molecule has 0 saturated heterocycles. The van der Waals surface area contributed by atoms with E-state index in [0.717, 1.165) is 5.56 Å². The molecule has 84 valence electrons. The molecule has 16 heavy (non-hydrogen) atoms. The summed E-state index contributed by atoms with van der Waals surface area (Å²) in [6, 6.07) is 5.32. The number of pyridine rings is 1. The molecule has 0 amide bonds. The standard InChI is InChI=1S/C11H12ClN3O/c1-15(6-8-4-5-16-7-8)11-9(13)2-3-10(12)14-11/h2-5,7H,6,13H2,1H3. The average Bonchev–Trinajstić information content (AvgIpc) is 2.74. The highest BCUT2D eigenvalue weighted by Gasteiger charge is 2.08. The van der Waals surface area contributed by atoms with Gasteiger partial charge in [0.15, 0.2) is 5.82 Å². The van der Waals surface area contributed by atoms with E-state index < -0.39 is 0 Å². The van der Waals surface area contributed by atoms with Crippen LogP contribution in [0.3, 0.4) is 0 Å². The Kier molecular flexibility index (Phi) is 3.01. The zero-order chi connectivity index (χ0) is 11.5. The molecule has 0 atom stereocenters. The van der Waals surface area contributed by atoms with Gasteiger partial charge in [-0.05, 0) is 18.2 Å². The van der Waals surface area contributed by atoms with Crippen molar-refractivity contribution in [2.24, 2.45) is 0 Å². The van der Waals surface area contributed by atoms with Gasteiger partial charge in [-0.2, -0.15) is 0 Å². The molecule has 2 rings (SSSR count). The van der Waals surface area contributed by atoms with Crippen molar-refractivity contribution in [2.75, 3.05) is 17.7 Å². The number of rotatable bonds is 3. The zero-order valence-electron chi connectivity index (χ0n) is 8.85. The molecule has 0 aliphatic rings. The van der Waals surface area contributed by atoms with Crippen molar-refractivity contribution in [3.63, 3.8) is 0 Å². The van der Waals surface area contributed by atoms with Crippen LogP contribution in [-0.4, -0.2) is 12.0 Å². The first-order chi connectivity index (χ1) is 7.66. The highest BCUT2D eigenvalue weighted by molar-refractivity contribution is 6.29. The van der Waals surface area contributed by atoms with Crippen LogP contribution in [0.2, 0.25) is 5.15 Å². The number of nitrogen functional groups attached to an aromatic ring is 1. The molecular weight excluding hydrogens is 226 g/mol. The number of nitrogens with two attached hydrogens (primary N) is 1. The van der Waals surface area contributed by atoms with Crippen LogP contribution in [0.4, 0.5) is 11.5 Å². The van der Waals surface area contributed by atoms with E-state index in [1.54, 1.807) is 24.7 Å². The lowest BCUT2D eigenvalue weighted by atomic mass is 10.3. The summed E-state index contributed by atoms with van der Waals surface area (Å²) in [6.45, 7) is 0.675. The fraction of sp³-hybridized carbons (Fsp3) is 0.182.